The van der Waals surface area contributed by atoms with E-state index in [1.54, 1.807) is 30.5 Å². The van der Waals surface area contributed by atoms with Crippen molar-refractivity contribution in [2.75, 3.05) is 5.75 Å². The zero-order valence-electron chi connectivity index (χ0n) is 12.6. The second-order valence-electron chi connectivity index (χ2n) is 5.38. The van der Waals surface area contributed by atoms with Gasteiger partial charge in [0.25, 0.3) is 10.0 Å². The molecule has 1 atom stereocenters. The minimum atomic E-state index is -3.47. The van der Waals surface area contributed by atoms with Crippen molar-refractivity contribution in [2.45, 2.75) is 25.8 Å². The van der Waals surface area contributed by atoms with Gasteiger partial charge in [0.2, 0.25) is 0 Å². The third kappa shape index (κ3) is 3.28. The molecule has 7 heteroatoms. The van der Waals surface area contributed by atoms with E-state index in [4.69, 9.17) is 16.0 Å². The number of nitrogens with zero attached hydrogens (tertiary/aromatic N) is 2. The average Bonchev–Trinajstić information content (AvgIpc) is 3.17. The quantitative estimate of drug-likeness (QED) is 0.821. The molecule has 3 rings (SSSR count). The van der Waals surface area contributed by atoms with Gasteiger partial charge in [-0.15, -0.1) is 0 Å². The Morgan fingerprint density at radius 1 is 1.30 bits per heavy atom. The summed E-state index contributed by atoms with van der Waals surface area (Å²) in [6.07, 6.45) is 2.55. The van der Waals surface area contributed by atoms with Crippen molar-refractivity contribution in [2.24, 2.45) is 5.10 Å². The number of sulfonamides is 1. The van der Waals surface area contributed by atoms with Crippen LogP contribution >= 0.6 is 11.6 Å². The van der Waals surface area contributed by atoms with E-state index in [-0.39, 0.29) is 5.75 Å². The van der Waals surface area contributed by atoms with E-state index in [9.17, 15) is 8.42 Å². The van der Waals surface area contributed by atoms with E-state index in [2.05, 4.69) is 5.10 Å². The van der Waals surface area contributed by atoms with Crippen LogP contribution in [-0.2, 0) is 10.0 Å². The lowest BCUT2D eigenvalue weighted by Crippen LogP contribution is -2.29. The van der Waals surface area contributed by atoms with Crippen LogP contribution in [0, 0.1) is 0 Å². The predicted octanol–water partition coefficient (Wildman–Crippen LogP) is 3.82. The number of rotatable bonds is 5. The summed E-state index contributed by atoms with van der Waals surface area (Å²) in [5.41, 5.74) is 1.57. The minimum Gasteiger partial charge on any atom is -0.467 e. The molecule has 0 fully saturated rings. The first-order valence-corrected chi connectivity index (χ1v) is 9.39. The molecule has 1 aliphatic rings. The zero-order valence-corrected chi connectivity index (χ0v) is 14.2. The molecule has 0 bridgehead atoms. The van der Waals surface area contributed by atoms with Crippen LogP contribution < -0.4 is 0 Å². The van der Waals surface area contributed by atoms with Gasteiger partial charge in [0.15, 0.2) is 0 Å². The van der Waals surface area contributed by atoms with Crippen LogP contribution in [0.1, 0.15) is 37.1 Å². The van der Waals surface area contributed by atoms with Gasteiger partial charge in [-0.3, -0.25) is 0 Å². The molecule has 0 aliphatic carbocycles. The van der Waals surface area contributed by atoms with Crippen molar-refractivity contribution in [1.82, 2.24) is 4.41 Å². The third-order valence-electron chi connectivity index (χ3n) is 3.67. The van der Waals surface area contributed by atoms with Crippen LogP contribution in [0.15, 0.2) is 52.2 Å². The van der Waals surface area contributed by atoms with E-state index in [1.165, 1.54) is 4.41 Å². The molecule has 0 saturated heterocycles. The van der Waals surface area contributed by atoms with E-state index in [0.29, 0.717) is 29.3 Å². The van der Waals surface area contributed by atoms with Gasteiger partial charge in [0.1, 0.15) is 11.8 Å². The lowest BCUT2D eigenvalue weighted by molar-refractivity contribution is 0.320. The number of hydrogen-bond acceptors (Lipinski definition) is 4. The number of furan rings is 1. The Kier molecular flexibility index (Phi) is 4.46. The Labute approximate surface area is 140 Å². The Morgan fingerprint density at radius 2 is 2.04 bits per heavy atom. The van der Waals surface area contributed by atoms with E-state index in [0.717, 1.165) is 5.56 Å². The molecular formula is C16H17ClN2O3S. The summed E-state index contributed by atoms with van der Waals surface area (Å²) >= 11 is 5.91. The highest BCUT2D eigenvalue weighted by Gasteiger charge is 2.37. The van der Waals surface area contributed by atoms with Gasteiger partial charge in [0.05, 0.1) is 17.7 Å². The summed E-state index contributed by atoms with van der Waals surface area (Å²) in [6, 6.07) is 10.3. The molecule has 23 heavy (non-hydrogen) atoms. The first-order chi connectivity index (χ1) is 11.0. The molecule has 1 aromatic heterocycles. The molecule has 2 heterocycles. The van der Waals surface area contributed by atoms with Crippen molar-refractivity contribution in [3.05, 3.63) is 59.0 Å². The molecule has 0 amide bonds. The lowest BCUT2D eigenvalue weighted by Gasteiger charge is -2.21. The Hall–Kier alpha value is -1.79. The van der Waals surface area contributed by atoms with Crippen molar-refractivity contribution in [1.29, 1.82) is 0 Å². The first kappa shape index (κ1) is 16.1. The molecule has 1 aliphatic heterocycles. The number of benzene rings is 1. The standard InChI is InChI=1S/C16H17ClN2O3S/c1-2-10-23(20,21)19-15(16-4-3-9-22-16)11-14(18-19)12-5-7-13(17)8-6-12/h3-9,15H,2,10-11H2,1H3. The molecule has 1 aromatic carbocycles. The van der Waals surface area contributed by atoms with Gasteiger partial charge >= 0.3 is 0 Å². The van der Waals surface area contributed by atoms with E-state index >= 15 is 0 Å². The normalized spacial score (nSPS) is 18.3. The number of hydrogen-bond donors (Lipinski definition) is 0. The van der Waals surface area contributed by atoms with Gasteiger partial charge < -0.3 is 4.42 Å². The molecule has 0 radical (unpaired) electrons. The third-order valence-corrected chi connectivity index (χ3v) is 5.75. The molecule has 2 aromatic rings. The predicted molar refractivity (Wildman–Crippen MR) is 90.0 cm³/mol. The van der Waals surface area contributed by atoms with Gasteiger partial charge in [-0.25, -0.2) is 8.42 Å². The summed E-state index contributed by atoms with van der Waals surface area (Å²) in [4.78, 5) is 0. The van der Waals surface area contributed by atoms with Crippen LogP contribution in [0.4, 0.5) is 0 Å². The summed E-state index contributed by atoms with van der Waals surface area (Å²) in [6.45, 7) is 1.83. The van der Waals surface area contributed by atoms with Gasteiger partial charge in [-0.05, 0) is 36.2 Å². The molecule has 0 N–H and O–H groups in total. The fourth-order valence-electron chi connectivity index (χ4n) is 2.61. The van der Waals surface area contributed by atoms with Crippen LogP contribution in [-0.4, -0.2) is 24.3 Å². The average molecular weight is 353 g/mol. The highest BCUT2D eigenvalue weighted by molar-refractivity contribution is 7.89. The smallest absolute Gasteiger partial charge is 0.250 e. The summed E-state index contributed by atoms with van der Waals surface area (Å²) in [5, 5.41) is 5.00. The molecule has 0 saturated carbocycles. The SMILES string of the molecule is CCCS(=O)(=O)N1N=C(c2ccc(Cl)cc2)CC1c1ccco1. The fraction of sp³-hybridized carbons (Fsp3) is 0.312. The molecule has 5 nitrogen and oxygen atoms in total. The second-order valence-corrected chi connectivity index (χ2v) is 7.76. The van der Waals surface area contributed by atoms with Crippen LogP contribution in [0.25, 0.3) is 0 Å². The minimum absolute atomic E-state index is 0.0571. The Balaban J connectivity index is 1.98. The fourth-order valence-corrected chi connectivity index (χ4v) is 4.22. The number of halogens is 1. The summed E-state index contributed by atoms with van der Waals surface area (Å²) in [7, 11) is -3.47. The van der Waals surface area contributed by atoms with Crippen LogP contribution in [0.5, 0.6) is 0 Å². The molecule has 122 valence electrons. The molecule has 1 unspecified atom stereocenters. The maximum atomic E-state index is 12.5. The monoisotopic (exact) mass is 352 g/mol. The van der Waals surface area contributed by atoms with Crippen LogP contribution in [0.3, 0.4) is 0 Å². The van der Waals surface area contributed by atoms with E-state index in [1.807, 2.05) is 19.1 Å². The highest BCUT2D eigenvalue weighted by Crippen LogP contribution is 2.35. The Bertz CT molecular complexity index is 798. The topological polar surface area (TPSA) is 62.9 Å². The molecule has 0 spiro atoms. The van der Waals surface area contributed by atoms with Crippen molar-refractivity contribution in [3.63, 3.8) is 0 Å². The lowest BCUT2D eigenvalue weighted by atomic mass is 10.0. The van der Waals surface area contributed by atoms with Gasteiger partial charge in [-0.1, -0.05) is 30.7 Å². The zero-order chi connectivity index (χ0) is 16.4. The van der Waals surface area contributed by atoms with Crippen molar-refractivity contribution in [3.8, 4) is 0 Å². The van der Waals surface area contributed by atoms with Crippen LogP contribution in [0.2, 0.25) is 5.02 Å². The van der Waals surface area contributed by atoms with E-state index < -0.39 is 16.1 Å². The Morgan fingerprint density at radius 3 is 2.65 bits per heavy atom. The maximum Gasteiger partial charge on any atom is 0.250 e. The maximum absolute atomic E-state index is 12.5. The first-order valence-electron chi connectivity index (χ1n) is 7.40. The second kappa shape index (κ2) is 6.37. The molecular weight excluding hydrogens is 336 g/mol. The highest BCUT2D eigenvalue weighted by atomic mass is 35.5. The summed E-state index contributed by atoms with van der Waals surface area (Å²) < 4.78 is 31.7. The van der Waals surface area contributed by atoms with Gasteiger partial charge in [-0.2, -0.15) is 9.52 Å². The van der Waals surface area contributed by atoms with Crippen molar-refractivity contribution < 1.29 is 12.8 Å². The number of hydrazone groups is 1. The summed E-state index contributed by atoms with van der Waals surface area (Å²) in [5.74, 6) is 0.652. The van der Waals surface area contributed by atoms with Gasteiger partial charge in [0, 0.05) is 11.4 Å². The largest absolute Gasteiger partial charge is 0.467 e. The van der Waals surface area contributed by atoms with Crippen molar-refractivity contribution >= 4 is 27.3 Å².